The van der Waals surface area contributed by atoms with Gasteiger partial charge in [-0.2, -0.15) is 0 Å². The maximum absolute atomic E-state index is 11.5. The van der Waals surface area contributed by atoms with Gasteiger partial charge in [-0.1, -0.05) is 32.4 Å². The van der Waals surface area contributed by atoms with Gasteiger partial charge in [-0.25, -0.2) is 5.84 Å². The summed E-state index contributed by atoms with van der Waals surface area (Å²) >= 11 is 0. The predicted octanol–water partition coefficient (Wildman–Crippen LogP) is 1.79. The van der Waals surface area contributed by atoms with Crippen LogP contribution in [0.3, 0.4) is 0 Å². The minimum atomic E-state index is -0.517. The normalized spacial score (nSPS) is 11.9. The Morgan fingerprint density at radius 2 is 2.24 bits per heavy atom. The molecule has 0 spiro atoms. The van der Waals surface area contributed by atoms with Crippen molar-refractivity contribution in [1.29, 1.82) is 0 Å². The smallest absolute Gasteiger partial charge is 0.274 e. The number of nitrogens with two attached hydrogens (primary N) is 1. The first-order valence-corrected chi connectivity index (χ1v) is 5.97. The molecule has 3 N–H and O–H groups in total. The number of nitrogens with one attached hydrogen (secondary N) is 1. The zero-order valence-corrected chi connectivity index (χ0v) is 10.4. The molecule has 0 radical (unpaired) electrons. The number of ether oxygens (including phenoxy) is 1. The lowest BCUT2D eigenvalue weighted by atomic mass is 10.1. The fraction of sp³-hybridized carbons (Fsp3) is 0.462. The van der Waals surface area contributed by atoms with Crippen LogP contribution in [-0.2, 0) is 11.2 Å². The molecule has 94 valence electrons. The van der Waals surface area contributed by atoms with Crippen LogP contribution in [0.15, 0.2) is 24.3 Å². The molecule has 1 atom stereocenters. The van der Waals surface area contributed by atoms with Crippen molar-refractivity contribution in [2.75, 3.05) is 0 Å². The lowest BCUT2D eigenvalue weighted by Gasteiger charge is -2.17. The van der Waals surface area contributed by atoms with E-state index in [0.29, 0.717) is 12.2 Å². The van der Waals surface area contributed by atoms with E-state index in [1.165, 1.54) is 5.56 Å². The van der Waals surface area contributed by atoms with Crippen LogP contribution in [0.2, 0.25) is 0 Å². The number of hydrogen-bond donors (Lipinski definition) is 2. The molecule has 1 amide bonds. The third kappa shape index (κ3) is 4.07. The average molecular weight is 236 g/mol. The zero-order valence-electron chi connectivity index (χ0n) is 10.4. The number of amides is 1. The summed E-state index contributed by atoms with van der Waals surface area (Å²) in [5, 5.41) is 0. The van der Waals surface area contributed by atoms with E-state index in [2.05, 4.69) is 12.3 Å². The van der Waals surface area contributed by atoms with Crippen molar-refractivity contribution in [1.82, 2.24) is 5.43 Å². The first-order chi connectivity index (χ1) is 8.21. The van der Waals surface area contributed by atoms with Gasteiger partial charge in [0.15, 0.2) is 6.10 Å². The van der Waals surface area contributed by atoms with E-state index in [1.807, 2.05) is 31.2 Å². The quantitative estimate of drug-likeness (QED) is 0.449. The van der Waals surface area contributed by atoms with Crippen LogP contribution in [0.1, 0.15) is 32.3 Å². The van der Waals surface area contributed by atoms with Crippen molar-refractivity contribution in [2.45, 2.75) is 39.2 Å². The van der Waals surface area contributed by atoms with Crippen molar-refractivity contribution in [3.05, 3.63) is 29.8 Å². The predicted molar refractivity (Wildman–Crippen MR) is 67.5 cm³/mol. The third-order valence-electron chi connectivity index (χ3n) is 2.57. The number of carbonyl (C=O) groups excluding carboxylic acids is 1. The summed E-state index contributed by atoms with van der Waals surface area (Å²) < 4.78 is 5.66. The molecule has 4 heteroatoms. The molecule has 0 saturated carbocycles. The van der Waals surface area contributed by atoms with Crippen LogP contribution < -0.4 is 16.0 Å². The Balaban J connectivity index is 2.74. The summed E-state index contributed by atoms with van der Waals surface area (Å²) in [6.07, 6.45) is 1.95. The standard InChI is InChI=1S/C13H20N2O2/c1-3-6-12(13(16)15-14)17-11-8-5-7-10(4-2)9-11/h5,7-9,12H,3-4,6,14H2,1-2H3,(H,15,16). The fourth-order valence-corrected chi connectivity index (χ4v) is 1.60. The van der Waals surface area contributed by atoms with E-state index in [-0.39, 0.29) is 5.91 Å². The number of benzene rings is 1. The molecule has 4 nitrogen and oxygen atoms in total. The van der Waals surface area contributed by atoms with Crippen molar-refractivity contribution < 1.29 is 9.53 Å². The van der Waals surface area contributed by atoms with Crippen LogP contribution in [0.4, 0.5) is 0 Å². The van der Waals surface area contributed by atoms with Crippen LogP contribution >= 0.6 is 0 Å². The Labute approximate surface area is 102 Å². The van der Waals surface area contributed by atoms with Gasteiger partial charge < -0.3 is 4.74 Å². The minimum absolute atomic E-state index is 0.284. The molecule has 0 fully saturated rings. The van der Waals surface area contributed by atoms with Gasteiger partial charge in [-0.15, -0.1) is 0 Å². The maximum Gasteiger partial charge on any atom is 0.274 e. The van der Waals surface area contributed by atoms with Gasteiger partial charge in [0.05, 0.1) is 0 Å². The topological polar surface area (TPSA) is 64.3 Å². The van der Waals surface area contributed by atoms with Crippen molar-refractivity contribution in [2.24, 2.45) is 5.84 Å². The number of hydrazine groups is 1. The first-order valence-electron chi connectivity index (χ1n) is 5.97. The monoisotopic (exact) mass is 236 g/mol. The number of rotatable bonds is 6. The second-order valence-corrected chi connectivity index (χ2v) is 3.90. The van der Waals surface area contributed by atoms with Crippen LogP contribution in [-0.4, -0.2) is 12.0 Å². The second kappa shape index (κ2) is 6.91. The molecular formula is C13H20N2O2. The van der Waals surface area contributed by atoms with Crippen molar-refractivity contribution >= 4 is 5.91 Å². The highest BCUT2D eigenvalue weighted by Crippen LogP contribution is 2.17. The molecule has 1 rings (SSSR count). The summed E-state index contributed by atoms with van der Waals surface area (Å²) in [6, 6.07) is 7.76. The van der Waals surface area contributed by atoms with E-state index < -0.39 is 6.10 Å². The molecular weight excluding hydrogens is 216 g/mol. The molecule has 0 heterocycles. The van der Waals surface area contributed by atoms with Crippen molar-refractivity contribution in [3.8, 4) is 5.75 Å². The lowest BCUT2D eigenvalue weighted by Crippen LogP contribution is -2.42. The lowest BCUT2D eigenvalue weighted by molar-refractivity contribution is -0.128. The molecule has 0 aromatic heterocycles. The molecule has 0 bridgehead atoms. The van der Waals surface area contributed by atoms with Gasteiger partial charge in [-0.05, 0) is 30.5 Å². The Bertz CT molecular complexity index is 366. The third-order valence-corrected chi connectivity index (χ3v) is 2.57. The molecule has 1 unspecified atom stereocenters. The highest BCUT2D eigenvalue weighted by molar-refractivity contribution is 5.80. The highest BCUT2D eigenvalue weighted by atomic mass is 16.5. The molecule has 0 aliphatic heterocycles. The average Bonchev–Trinajstić information content (AvgIpc) is 2.37. The van der Waals surface area contributed by atoms with Crippen LogP contribution in [0.25, 0.3) is 0 Å². The summed E-state index contributed by atoms with van der Waals surface area (Å²) in [4.78, 5) is 11.5. The summed E-state index contributed by atoms with van der Waals surface area (Å²) in [7, 11) is 0. The van der Waals surface area contributed by atoms with Gasteiger partial charge in [0.2, 0.25) is 0 Å². The van der Waals surface area contributed by atoms with Crippen LogP contribution in [0, 0.1) is 0 Å². The van der Waals surface area contributed by atoms with Gasteiger partial charge >= 0.3 is 0 Å². The van der Waals surface area contributed by atoms with E-state index in [1.54, 1.807) is 0 Å². The van der Waals surface area contributed by atoms with Gasteiger partial charge in [0.1, 0.15) is 5.75 Å². The zero-order chi connectivity index (χ0) is 12.7. The Hall–Kier alpha value is -1.55. The number of hydrogen-bond acceptors (Lipinski definition) is 3. The van der Waals surface area contributed by atoms with E-state index in [4.69, 9.17) is 10.6 Å². The molecule has 0 saturated heterocycles. The van der Waals surface area contributed by atoms with Gasteiger partial charge in [0.25, 0.3) is 5.91 Å². The fourth-order valence-electron chi connectivity index (χ4n) is 1.60. The molecule has 1 aromatic rings. The molecule has 17 heavy (non-hydrogen) atoms. The molecule has 1 aromatic carbocycles. The van der Waals surface area contributed by atoms with Crippen molar-refractivity contribution in [3.63, 3.8) is 0 Å². The summed E-state index contributed by atoms with van der Waals surface area (Å²) in [6.45, 7) is 4.08. The highest BCUT2D eigenvalue weighted by Gasteiger charge is 2.18. The summed E-state index contributed by atoms with van der Waals surface area (Å²) in [5.41, 5.74) is 3.32. The molecule has 0 aliphatic rings. The summed E-state index contributed by atoms with van der Waals surface area (Å²) in [5.74, 6) is 5.56. The van der Waals surface area contributed by atoms with E-state index >= 15 is 0 Å². The Morgan fingerprint density at radius 1 is 1.47 bits per heavy atom. The Morgan fingerprint density at radius 3 is 2.82 bits per heavy atom. The van der Waals surface area contributed by atoms with Gasteiger partial charge in [0, 0.05) is 0 Å². The largest absolute Gasteiger partial charge is 0.481 e. The maximum atomic E-state index is 11.5. The Kier molecular flexibility index (Phi) is 5.49. The number of aryl methyl sites for hydroxylation is 1. The number of carbonyl (C=O) groups is 1. The van der Waals surface area contributed by atoms with E-state index in [0.717, 1.165) is 12.8 Å². The first kappa shape index (κ1) is 13.5. The minimum Gasteiger partial charge on any atom is -0.481 e. The van der Waals surface area contributed by atoms with Crippen LogP contribution in [0.5, 0.6) is 5.75 Å². The second-order valence-electron chi connectivity index (χ2n) is 3.90. The van der Waals surface area contributed by atoms with E-state index in [9.17, 15) is 4.79 Å². The SMILES string of the molecule is CCCC(Oc1cccc(CC)c1)C(=O)NN. The van der Waals surface area contributed by atoms with Gasteiger partial charge in [-0.3, -0.25) is 10.2 Å². The molecule has 0 aliphatic carbocycles.